The summed E-state index contributed by atoms with van der Waals surface area (Å²) in [5.41, 5.74) is 0.0678. The summed E-state index contributed by atoms with van der Waals surface area (Å²) < 4.78 is 54.9. The Hall–Kier alpha value is -0.830. The van der Waals surface area contributed by atoms with E-state index < -0.39 is 27.7 Å². The van der Waals surface area contributed by atoms with Crippen LogP contribution < -0.4 is 4.72 Å². The summed E-state index contributed by atoms with van der Waals surface area (Å²) in [6, 6.07) is 6.77. The number of hydrogen-bond donors (Lipinski definition) is 1. The molecule has 2 aromatic rings. The van der Waals surface area contributed by atoms with E-state index in [0.717, 1.165) is 16.6 Å². The third-order valence-electron chi connectivity index (χ3n) is 2.94. The second kappa shape index (κ2) is 6.74. The lowest BCUT2D eigenvalue weighted by atomic mass is 10.1. The summed E-state index contributed by atoms with van der Waals surface area (Å²) in [6.07, 6.45) is 0. The highest BCUT2D eigenvalue weighted by atomic mass is 79.9. The number of hydrogen-bond acceptors (Lipinski definition) is 2. The van der Waals surface area contributed by atoms with Crippen molar-refractivity contribution < 1.29 is 17.2 Å². The number of halogens is 4. The van der Waals surface area contributed by atoms with Crippen molar-refractivity contribution in [3.8, 4) is 0 Å². The van der Waals surface area contributed by atoms with Gasteiger partial charge >= 0.3 is 0 Å². The maximum atomic E-state index is 13.7. The highest BCUT2D eigenvalue weighted by Crippen LogP contribution is 2.27. The molecule has 1 unspecified atom stereocenters. The van der Waals surface area contributed by atoms with Crippen LogP contribution in [0.1, 0.15) is 18.5 Å². The number of sulfonamides is 1. The van der Waals surface area contributed by atoms with Crippen LogP contribution in [-0.2, 0) is 10.0 Å². The van der Waals surface area contributed by atoms with Gasteiger partial charge in [-0.05, 0) is 47.1 Å². The van der Waals surface area contributed by atoms with Crippen molar-refractivity contribution in [3.05, 3.63) is 62.5 Å². The van der Waals surface area contributed by atoms with Crippen molar-refractivity contribution in [1.82, 2.24) is 4.72 Å². The normalized spacial score (nSPS) is 13.1. The van der Waals surface area contributed by atoms with E-state index in [1.165, 1.54) is 19.1 Å². The van der Waals surface area contributed by atoms with Gasteiger partial charge in [0.25, 0.3) is 0 Å². The first-order valence-electron chi connectivity index (χ1n) is 6.13. The molecule has 0 aliphatic carbocycles. The van der Waals surface area contributed by atoms with Gasteiger partial charge in [-0.3, -0.25) is 0 Å². The molecule has 2 rings (SSSR count). The largest absolute Gasteiger partial charge is 0.242 e. The molecule has 0 aliphatic heterocycles. The highest BCUT2D eigenvalue weighted by Gasteiger charge is 2.22. The smallest absolute Gasteiger partial charge is 0.207 e. The molecule has 3 nitrogen and oxygen atoms in total. The average molecular weight is 455 g/mol. The Morgan fingerprint density at radius 3 is 2.36 bits per heavy atom. The van der Waals surface area contributed by atoms with Gasteiger partial charge in [0.05, 0.1) is 4.90 Å². The predicted octanol–water partition coefficient (Wildman–Crippen LogP) is 4.53. The van der Waals surface area contributed by atoms with Gasteiger partial charge in [-0.25, -0.2) is 21.9 Å². The Kier molecular flexibility index (Phi) is 5.37. The van der Waals surface area contributed by atoms with Crippen LogP contribution >= 0.6 is 31.9 Å². The first-order valence-corrected chi connectivity index (χ1v) is 9.20. The summed E-state index contributed by atoms with van der Waals surface area (Å²) in [5.74, 6) is -1.52. The molecule has 22 heavy (non-hydrogen) atoms. The Labute approximate surface area is 144 Å². The van der Waals surface area contributed by atoms with E-state index in [1.807, 2.05) is 0 Å². The van der Waals surface area contributed by atoms with E-state index in [1.54, 1.807) is 12.1 Å². The fraction of sp³-hybridized carbons (Fsp3) is 0.143. The molecule has 8 heteroatoms. The molecule has 0 amide bonds. The average Bonchev–Trinajstić information content (AvgIpc) is 2.37. The van der Waals surface area contributed by atoms with Crippen LogP contribution in [0.4, 0.5) is 8.78 Å². The zero-order valence-electron chi connectivity index (χ0n) is 11.3. The SMILES string of the molecule is CC(NS(=O)(=O)c1ccc(Br)cc1Br)c1ccc(F)cc1F. The molecule has 0 saturated heterocycles. The molecule has 1 N–H and O–H groups in total. The van der Waals surface area contributed by atoms with Crippen LogP contribution in [0.3, 0.4) is 0 Å². The molecule has 0 radical (unpaired) electrons. The first-order chi connectivity index (χ1) is 10.2. The Bertz CT molecular complexity index is 812. The van der Waals surface area contributed by atoms with E-state index in [-0.39, 0.29) is 10.5 Å². The maximum Gasteiger partial charge on any atom is 0.242 e. The maximum absolute atomic E-state index is 13.7. The lowest BCUT2D eigenvalue weighted by Crippen LogP contribution is -2.27. The molecule has 0 bridgehead atoms. The third-order valence-corrected chi connectivity index (χ3v) is 5.96. The highest BCUT2D eigenvalue weighted by molar-refractivity contribution is 9.11. The number of nitrogens with one attached hydrogen (secondary N) is 1. The lowest BCUT2D eigenvalue weighted by molar-refractivity contribution is 0.539. The van der Waals surface area contributed by atoms with E-state index in [4.69, 9.17) is 0 Å². The van der Waals surface area contributed by atoms with E-state index in [9.17, 15) is 17.2 Å². The van der Waals surface area contributed by atoms with Crippen molar-refractivity contribution in [1.29, 1.82) is 0 Å². The molecule has 0 heterocycles. The zero-order chi connectivity index (χ0) is 16.5. The third kappa shape index (κ3) is 3.92. The Morgan fingerprint density at radius 2 is 1.77 bits per heavy atom. The molecule has 2 aromatic carbocycles. The second-order valence-electron chi connectivity index (χ2n) is 4.58. The van der Waals surface area contributed by atoms with Gasteiger partial charge in [0.2, 0.25) is 10.0 Å². The monoisotopic (exact) mass is 453 g/mol. The fourth-order valence-corrected chi connectivity index (χ4v) is 4.87. The summed E-state index contributed by atoms with van der Waals surface area (Å²) in [7, 11) is -3.86. The summed E-state index contributed by atoms with van der Waals surface area (Å²) in [6.45, 7) is 1.49. The van der Waals surface area contributed by atoms with E-state index in [2.05, 4.69) is 36.6 Å². The second-order valence-corrected chi connectivity index (χ2v) is 8.04. The molecule has 0 fully saturated rings. The van der Waals surface area contributed by atoms with Gasteiger partial charge in [0, 0.05) is 26.6 Å². The van der Waals surface area contributed by atoms with Crippen molar-refractivity contribution in [3.63, 3.8) is 0 Å². The van der Waals surface area contributed by atoms with E-state index in [0.29, 0.717) is 4.47 Å². The van der Waals surface area contributed by atoms with Gasteiger partial charge < -0.3 is 0 Å². The molecule has 0 saturated carbocycles. The first kappa shape index (κ1) is 17.5. The minimum Gasteiger partial charge on any atom is -0.207 e. The van der Waals surface area contributed by atoms with Crippen LogP contribution in [0.2, 0.25) is 0 Å². The van der Waals surface area contributed by atoms with Crippen LogP contribution in [-0.4, -0.2) is 8.42 Å². The van der Waals surface area contributed by atoms with Crippen molar-refractivity contribution in [2.24, 2.45) is 0 Å². The number of benzene rings is 2. The zero-order valence-corrected chi connectivity index (χ0v) is 15.3. The van der Waals surface area contributed by atoms with Gasteiger partial charge in [0.15, 0.2) is 0 Å². The predicted molar refractivity (Wildman–Crippen MR) is 86.9 cm³/mol. The van der Waals surface area contributed by atoms with Crippen LogP contribution in [0.5, 0.6) is 0 Å². The minimum atomic E-state index is -3.86. The minimum absolute atomic E-state index is 0.0325. The Balaban J connectivity index is 2.31. The molecule has 0 aliphatic rings. The standard InChI is InChI=1S/C14H11Br2F2NO2S/c1-8(11-4-3-10(17)7-13(11)18)19-22(20,21)14-5-2-9(15)6-12(14)16/h2-8,19H,1H3. The molecule has 0 spiro atoms. The van der Waals surface area contributed by atoms with Crippen LogP contribution in [0, 0.1) is 11.6 Å². The molecule has 0 aromatic heterocycles. The van der Waals surface area contributed by atoms with Crippen molar-refractivity contribution >= 4 is 41.9 Å². The van der Waals surface area contributed by atoms with Gasteiger partial charge in [-0.1, -0.05) is 22.0 Å². The van der Waals surface area contributed by atoms with Crippen LogP contribution in [0.25, 0.3) is 0 Å². The lowest BCUT2D eigenvalue weighted by Gasteiger charge is -2.16. The summed E-state index contributed by atoms with van der Waals surface area (Å²) >= 11 is 6.42. The summed E-state index contributed by atoms with van der Waals surface area (Å²) in [4.78, 5) is 0.0325. The van der Waals surface area contributed by atoms with Crippen molar-refractivity contribution in [2.75, 3.05) is 0 Å². The molecular formula is C14H11Br2F2NO2S. The van der Waals surface area contributed by atoms with Crippen molar-refractivity contribution in [2.45, 2.75) is 17.9 Å². The molecule has 1 atom stereocenters. The van der Waals surface area contributed by atoms with Crippen LogP contribution in [0.15, 0.2) is 50.2 Å². The summed E-state index contributed by atoms with van der Waals surface area (Å²) in [5, 5.41) is 0. The Morgan fingerprint density at radius 1 is 1.09 bits per heavy atom. The van der Waals surface area contributed by atoms with Gasteiger partial charge in [0.1, 0.15) is 11.6 Å². The topological polar surface area (TPSA) is 46.2 Å². The van der Waals surface area contributed by atoms with Gasteiger partial charge in [-0.2, -0.15) is 0 Å². The quantitative estimate of drug-likeness (QED) is 0.737. The molecule has 118 valence electrons. The fourth-order valence-electron chi connectivity index (χ4n) is 1.91. The number of rotatable bonds is 4. The van der Waals surface area contributed by atoms with E-state index >= 15 is 0 Å². The molecular weight excluding hydrogens is 444 g/mol. The van der Waals surface area contributed by atoms with Gasteiger partial charge in [-0.15, -0.1) is 0 Å².